The van der Waals surface area contributed by atoms with E-state index in [0.717, 1.165) is 16.9 Å². The van der Waals surface area contributed by atoms with E-state index in [1.165, 1.54) is 17.3 Å². The average Bonchev–Trinajstić information content (AvgIpc) is 3.05. The van der Waals surface area contributed by atoms with Crippen molar-refractivity contribution in [1.29, 1.82) is 0 Å². The molecule has 8 heteroatoms. The molecule has 0 aliphatic heterocycles. The Morgan fingerprint density at radius 2 is 1.77 bits per heavy atom. The third-order valence-electron chi connectivity index (χ3n) is 4.57. The van der Waals surface area contributed by atoms with Gasteiger partial charge in [0.1, 0.15) is 18.1 Å². The molecule has 0 saturated carbocycles. The molecule has 3 aromatic rings. The highest BCUT2D eigenvalue weighted by molar-refractivity contribution is 7.99. The number of hydrogen-bond donors (Lipinski definition) is 1. The predicted molar refractivity (Wildman–Crippen MR) is 118 cm³/mol. The Morgan fingerprint density at radius 1 is 1.07 bits per heavy atom. The second-order valence-corrected chi connectivity index (χ2v) is 8.00. The van der Waals surface area contributed by atoms with Crippen molar-refractivity contribution in [2.24, 2.45) is 7.05 Å². The van der Waals surface area contributed by atoms with Gasteiger partial charge >= 0.3 is 0 Å². The van der Waals surface area contributed by atoms with Gasteiger partial charge in [0.15, 0.2) is 11.0 Å². The molecule has 0 aliphatic carbocycles. The van der Waals surface area contributed by atoms with Crippen molar-refractivity contribution < 1.29 is 14.3 Å². The second-order valence-electron chi connectivity index (χ2n) is 7.06. The summed E-state index contributed by atoms with van der Waals surface area (Å²) in [5.41, 5.74) is 3.97. The summed E-state index contributed by atoms with van der Waals surface area (Å²) in [5.74, 6) is 2.21. The Balaban J connectivity index is 1.57. The highest BCUT2D eigenvalue weighted by atomic mass is 32.2. The lowest BCUT2D eigenvalue weighted by molar-refractivity contribution is -0.113. The number of ether oxygens (including phenoxy) is 2. The molecule has 1 heterocycles. The number of rotatable bonds is 8. The summed E-state index contributed by atoms with van der Waals surface area (Å²) in [6.07, 6.45) is 0. The second kappa shape index (κ2) is 9.67. The fourth-order valence-corrected chi connectivity index (χ4v) is 3.67. The summed E-state index contributed by atoms with van der Waals surface area (Å²) in [4.78, 5) is 12.4. The maximum Gasteiger partial charge on any atom is 0.234 e. The fourth-order valence-electron chi connectivity index (χ4n) is 2.94. The van der Waals surface area contributed by atoms with E-state index in [2.05, 4.69) is 21.6 Å². The Kier molecular flexibility index (Phi) is 6.99. The number of benzene rings is 2. The first-order valence-electron chi connectivity index (χ1n) is 9.53. The number of anilines is 1. The smallest absolute Gasteiger partial charge is 0.234 e. The van der Waals surface area contributed by atoms with E-state index in [9.17, 15) is 4.79 Å². The van der Waals surface area contributed by atoms with E-state index in [4.69, 9.17) is 9.47 Å². The van der Waals surface area contributed by atoms with Crippen molar-refractivity contribution in [3.8, 4) is 11.5 Å². The molecule has 0 aliphatic rings. The molecular weight excluding hydrogens is 400 g/mol. The van der Waals surface area contributed by atoms with Crippen LogP contribution in [-0.4, -0.2) is 33.5 Å². The summed E-state index contributed by atoms with van der Waals surface area (Å²) in [6.45, 7) is 6.34. The van der Waals surface area contributed by atoms with E-state index >= 15 is 0 Å². The van der Waals surface area contributed by atoms with Crippen molar-refractivity contribution >= 4 is 23.4 Å². The number of carbonyl (C=O) groups excluding carboxylic acids is 1. The minimum atomic E-state index is -0.139. The topological polar surface area (TPSA) is 78.3 Å². The molecule has 1 amide bonds. The number of amides is 1. The molecule has 0 radical (unpaired) electrons. The Labute approximate surface area is 180 Å². The van der Waals surface area contributed by atoms with Crippen LogP contribution < -0.4 is 14.8 Å². The third-order valence-corrected chi connectivity index (χ3v) is 5.59. The van der Waals surface area contributed by atoms with Crippen LogP contribution in [0, 0.1) is 20.8 Å². The van der Waals surface area contributed by atoms with Gasteiger partial charge in [-0.2, -0.15) is 0 Å². The van der Waals surface area contributed by atoms with Gasteiger partial charge in [0.2, 0.25) is 5.91 Å². The molecular formula is C22H26N4O3S. The number of aryl methyl sites for hydroxylation is 3. The third kappa shape index (κ3) is 5.33. The Bertz CT molecular complexity index is 1050. The summed E-state index contributed by atoms with van der Waals surface area (Å²) < 4.78 is 13.0. The van der Waals surface area contributed by atoms with Crippen molar-refractivity contribution in [2.75, 3.05) is 18.2 Å². The van der Waals surface area contributed by atoms with Crippen LogP contribution in [0.4, 0.5) is 5.69 Å². The van der Waals surface area contributed by atoms with Crippen molar-refractivity contribution in [3.05, 3.63) is 58.9 Å². The summed E-state index contributed by atoms with van der Waals surface area (Å²) in [6, 6.07) is 11.7. The number of thioether (sulfide) groups is 1. The zero-order chi connectivity index (χ0) is 21.7. The molecule has 30 heavy (non-hydrogen) atoms. The van der Waals surface area contributed by atoms with Crippen LogP contribution in [0.5, 0.6) is 11.5 Å². The lowest BCUT2D eigenvalue weighted by Gasteiger charge is -2.11. The number of nitrogens with one attached hydrogen (secondary N) is 1. The molecule has 0 bridgehead atoms. The molecule has 0 spiro atoms. The van der Waals surface area contributed by atoms with E-state index in [0.29, 0.717) is 29.0 Å². The van der Waals surface area contributed by atoms with Crippen LogP contribution in [0.15, 0.2) is 41.6 Å². The van der Waals surface area contributed by atoms with Gasteiger partial charge in [0.05, 0.1) is 18.6 Å². The summed E-state index contributed by atoms with van der Waals surface area (Å²) in [5, 5.41) is 11.9. The molecule has 0 unspecified atom stereocenters. The van der Waals surface area contributed by atoms with Gasteiger partial charge in [-0.05, 0) is 50.1 Å². The van der Waals surface area contributed by atoms with E-state index in [-0.39, 0.29) is 11.7 Å². The number of nitrogens with zero attached hydrogens (tertiary/aromatic N) is 3. The van der Waals surface area contributed by atoms with Crippen LogP contribution in [0.3, 0.4) is 0 Å². The normalized spacial score (nSPS) is 10.7. The first-order valence-corrected chi connectivity index (χ1v) is 10.5. The van der Waals surface area contributed by atoms with Crippen LogP contribution in [0.1, 0.15) is 22.5 Å². The van der Waals surface area contributed by atoms with Crippen LogP contribution in [0.2, 0.25) is 0 Å². The summed E-state index contributed by atoms with van der Waals surface area (Å²) in [7, 11) is 3.45. The lowest BCUT2D eigenvalue weighted by atomic mass is 10.1. The number of hydrogen-bond acceptors (Lipinski definition) is 6. The van der Waals surface area contributed by atoms with Gasteiger partial charge in [-0.1, -0.05) is 35.5 Å². The fraction of sp³-hybridized carbons (Fsp3) is 0.318. The number of carbonyl (C=O) groups is 1. The predicted octanol–water partition coefficient (Wildman–Crippen LogP) is 4.06. The standard InChI is InChI=1S/C22H26N4O3S/c1-14-6-8-18(16(3)10-14)29-12-20-24-25-22(26(20)4)30-13-21(27)23-17-11-15(2)7-9-19(17)28-5/h6-11H,12-13H2,1-5H3,(H,23,27). The van der Waals surface area contributed by atoms with Crippen LogP contribution in [0.25, 0.3) is 0 Å². The minimum Gasteiger partial charge on any atom is -0.495 e. The van der Waals surface area contributed by atoms with Gasteiger partial charge < -0.3 is 19.4 Å². The molecule has 158 valence electrons. The molecule has 1 N–H and O–H groups in total. The number of aromatic nitrogens is 3. The average molecular weight is 427 g/mol. The van der Waals surface area contributed by atoms with E-state index in [1.807, 2.05) is 62.7 Å². The largest absolute Gasteiger partial charge is 0.495 e. The van der Waals surface area contributed by atoms with E-state index < -0.39 is 0 Å². The maximum absolute atomic E-state index is 12.4. The molecule has 7 nitrogen and oxygen atoms in total. The first-order chi connectivity index (χ1) is 14.4. The van der Waals surface area contributed by atoms with Gasteiger partial charge in [0.25, 0.3) is 0 Å². The Hall–Kier alpha value is -3.00. The molecule has 0 atom stereocenters. The zero-order valence-electron chi connectivity index (χ0n) is 17.9. The SMILES string of the molecule is COc1ccc(C)cc1NC(=O)CSc1nnc(COc2ccc(C)cc2C)n1C. The highest BCUT2D eigenvalue weighted by Crippen LogP contribution is 2.26. The van der Waals surface area contributed by atoms with Crippen LogP contribution in [-0.2, 0) is 18.4 Å². The molecule has 1 aromatic heterocycles. The monoisotopic (exact) mass is 426 g/mol. The van der Waals surface area contributed by atoms with Crippen LogP contribution >= 0.6 is 11.8 Å². The summed E-state index contributed by atoms with van der Waals surface area (Å²) >= 11 is 1.32. The van der Waals surface area contributed by atoms with Gasteiger partial charge in [-0.25, -0.2) is 0 Å². The zero-order valence-corrected chi connectivity index (χ0v) is 18.7. The van der Waals surface area contributed by atoms with E-state index in [1.54, 1.807) is 7.11 Å². The van der Waals surface area contributed by atoms with Crippen molar-refractivity contribution in [2.45, 2.75) is 32.5 Å². The highest BCUT2D eigenvalue weighted by Gasteiger charge is 2.14. The van der Waals surface area contributed by atoms with Crippen molar-refractivity contribution in [3.63, 3.8) is 0 Å². The first kappa shape index (κ1) is 21.7. The number of methoxy groups -OCH3 is 1. The van der Waals surface area contributed by atoms with Crippen molar-refractivity contribution in [1.82, 2.24) is 14.8 Å². The van der Waals surface area contributed by atoms with Gasteiger partial charge in [-0.15, -0.1) is 10.2 Å². The molecule has 0 fully saturated rings. The Morgan fingerprint density at radius 3 is 2.47 bits per heavy atom. The molecule has 2 aromatic carbocycles. The molecule has 0 saturated heterocycles. The van der Waals surface area contributed by atoms with Gasteiger partial charge in [-0.3, -0.25) is 4.79 Å². The lowest BCUT2D eigenvalue weighted by Crippen LogP contribution is -2.15. The maximum atomic E-state index is 12.4. The van der Waals surface area contributed by atoms with Gasteiger partial charge in [0, 0.05) is 7.05 Å². The minimum absolute atomic E-state index is 0.139. The quantitative estimate of drug-likeness (QED) is 0.548. The molecule has 3 rings (SSSR count).